The second-order valence-corrected chi connectivity index (χ2v) is 8.98. The van der Waals surface area contributed by atoms with Gasteiger partial charge in [-0.1, -0.05) is 24.3 Å². The van der Waals surface area contributed by atoms with E-state index in [0.29, 0.717) is 11.8 Å². The van der Waals surface area contributed by atoms with Gasteiger partial charge < -0.3 is 5.11 Å². The smallest absolute Gasteiger partial charge is 0.162 e. The van der Waals surface area contributed by atoms with Crippen LogP contribution in [0.3, 0.4) is 0 Å². The van der Waals surface area contributed by atoms with Gasteiger partial charge in [0.25, 0.3) is 0 Å². The largest absolute Gasteiger partial charge is 0.382 e. The Morgan fingerprint density at radius 3 is 2.83 bits per heavy atom. The van der Waals surface area contributed by atoms with Crippen molar-refractivity contribution in [3.05, 3.63) is 47.9 Å². The lowest BCUT2D eigenvalue weighted by atomic mass is 9.84. The summed E-state index contributed by atoms with van der Waals surface area (Å²) in [6, 6.07) is 8.67. The van der Waals surface area contributed by atoms with Crippen molar-refractivity contribution in [1.82, 2.24) is 8.96 Å². The highest BCUT2D eigenvalue weighted by molar-refractivity contribution is 8.29. The summed E-state index contributed by atoms with van der Waals surface area (Å²) >= 11 is -0.778. The Morgan fingerprint density at radius 2 is 2.00 bits per heavy atom. The minimum absolute atomic E-state index is 0.312. The van der Waals surface area contributed by atoms with E-state index in [1.807, 2.05) is 12.5 Å². The molecule has 2 aromatic rings. The number of aryl methyl sites for hydroxylation is 1. The van der Waals surface area contributed by atoms with Crippen molar-refractivity contribution >= 4 is 21.9 Å². The van der Waals surface area contributed by atoms with Crippen molar-refractivity contribution < 1.29 is 5.11 Å². The van der Waals surface area contributed by atoms with Gasteiger partial charge in [-0.05, 0) is 49.1 Å². The lowest BCUT2D eigenvalue weighted by Crippen LogP contribution is -2.30. The molecule has 23 heavy (non-hydrogen) atoms. The molecule has 3 atom stereocenters. The monoisotopic (exact) mass is 327 g/mol. The van der Waals surface area contributed by atoms with Crippen LogP contribution in [0.5, 0.6) is 0 Å². The standard InChI is InChI=1S/C18H21N3OS/c22-18(15-8-5-12-3-1-2-4-14(12)9-15)23-17(13-6-7-13)20-16-10-19-11-21(16)23/h1-4,10-11,13,15,18,22-23H,5-9H2. The number of hydrogen-bond acceptors (Lipinski definition) is 3. The van der Waals surface area contributed by atoms with Gasteiger partial charge in [-0.2, -0.15) is 0 Å². The summed E-state index contributed by atoms with van der Waals surface area (Å²) in [5, 5.41) is 12.5. The van der Waals surface area contributed by atoms with E-state index in [2.05, 4.69) is 33.2 Å². The Balaban J connectivity index is 1.44. The average Bonchev–Trinajstić information content (AvgIpc) is 3.22. The number of aliphatic imine (C=N–C) groups is 1. The van der Waals surface area contributed by atoms with Gasteiger partial charge in [0.05, 0.1) is 11.2 Å². The van der Waals surface area contributed by atoms with Crippen LogP contribution in [0.4, 0.5) is 5.82 Å². The zero-order chi connectivity index (χ0) is 15.4. The van der Waals surface area contributed by atoms with E-state index in [-0.39, 0.29) is 5.44 Å². The quantitative estimate of drug-likeness (QED) is 0.851. The normalized spacial score (nSPS) is 28.8. The van der Waals surface area contributed by atoms with Crippen LogP contribution in [0.25, 0.3) is 0 Å². The molecule has 4 nitrogen and oxygen atoms in total. The molecule has 0 amide bonds. The van der Waals surface area contributed by atoms with Crippen molar-refractivity contribution in [1.29, 1.82) is 0 Å². The Hall–Kier alpha value is -1.59. The van der Waals surface area contributed by atoms with Crippen LogP contribution >= 0.6 is 11.1 Å². The molecule has 0 saturated heterocycles. The second kappa shape index (κ2) is 5.21. The molecule has 0 spiro atoms. The fraction of sp³-hybridized carbons (Fsp3) is 0.444. The van der Waals surface area contributed by atoms with Gasteiger partial charge in [0.2, 0.25) is 0 Å². The summed E-state index contributed by atoms with van der Waals surface area (Å²) < 4.78 is 2.15. The van der Waals surface area contributed by atoms with Gasteiger partial charge in [-0.25, -0.2) is 9.98 Å². The first-order valence-electron chi connectivity index (χ1n) is 8.46. The number of benzene rings is 1. The second-order valence-electron chi connectivity index (χ2n) is 6.87. The first-order chi connectivity index (χ1) is 11.3. The van der Waals surface area contributed by atoms with Crippen LogP contribution in [0, 0.1) is 11.8 Å². The molecule has 3 unspecified atom stereocenters. The van der Waals surface area contributed by atoms with Crippen LogP contribution < -0.4 is 0 Å². The van der Waals surface area contributed by atoms with Crippen LogP contribution in [0.2, 0.25) is 0 Å². The first kappa shape index (κ1) is 13.8. The summed E-state index contributed by atoms with van der Waals surface area (Å²) in [6.07, 6.45) is 9.28. The van der Waals surface area contributed by atoms with Crippen molar-refractivity contribution in [2.45, 2.75) is 37.5 Å². The van der Waals surface area contributed by atoms with Crippen LogP contribution in [0.15, 0.2) is 41.8 Å². The maximum Gasteiger partial charge on any atom is 0.162 e. The van der Waals surface area contributed by atoms with Crippen LogP contribution in [0.1, 0.15) is 30.4 Å². The number of fused-ring (bicyclic) bond motifs is 2. The first-order valence-corrected chi connectivity index (χ1v) is 9.83. The number of thiol groups is 1. The van der Waals surface area contributed by atoms with Gasteiger partial charge in [0.1, 0.15) is 11.8 Å². The molecule has 120 valence electrons. The molecule has 1 fully saturated rings. The molecular weight excluding hydrogens is 306 g/mol. The molecular formula is C18H21N3OS. The molecule has 2 aliphatic carbocycles. The lowest BCUT2D eigenvalue weighted by Gasteiger charge is -2.35. The highest BCUT2D eigenvalue weighted by Gasteiger charge is 2.41. The molecule has 1 aromatic carbocycles. The van der Waals surface area contributed by atoms with Gasteiger partial charge in [0, 0.05) is 5.92 Å². The summed E-state index contributed by atoms with van der Waals surface area (Å²) in [6.45, 7) is 0. The lowest BCUT2D eigenvalue weighted by molar-refractivity contribution is 0.178. The number of imidazole rings is 1. The number of rotatable bonds is 3. The highest BCUT2D eigenvalue weighted by atomic mass is 32.2. The van der Waals surface area contributed by atoms with E-state index in [1.165, 1.54) is 29.0 Å². The molecule has 3 aliphatic rings. The maximum absolute atomic E-state index is 11.2. The van der Waals surface area contributed by atoms with E-state index in [0.717, 1.165) is 25.1 Å². The number of aromatic nitrogens is 2. The average molecular weight is 327 g/mol. The third-order valence-corrected chi connectivity index (χ3v) is 7.93. The zero-order valence-corrected chi connectivity index (χ0v) is 13.9. The predicted octanol–water partition coefficient (Wildman–Crippen LogP) is 3.22. The van der Waals surface area contributed by atoms with Crippen molar-refractivity contribution in [2.24, 2.45) is 16.8 Å². The number of hydrogen-bond donors (Lipinski definition) is 2. The van der Waals surface area contributed by atoms with Crippen molar-refractivity contribution in [2.75, 3.05) is 0 Å². The van der Waals surface area contributed by atoms with E-state index in [9.17, 15) is 5.11 Å². The summed E-state index contributed by atoms with van der Waals surface area (Å²) in [5.74, 6) is 1.87. The Kier molecular flexibility index (Phi) is 3.13. The van der Waals surface area contributed by atoms with Crippen molar-refractivity contribution in [3.8, 4) is 0 Å². The number of nitrogens with zero attached hydrogens (tertiary/aromatic N) is 3. The summed E-state index contributed by atoms with van der Waals surface area (Å²) in [4.78, 5) is 9.03. The maximum atomic E-state index is 11.2. The number of aliphatic hydroxyl groups excluding tert-OH is 1. The fourth-order valence-corrected chi connectivity index (χ4v) is 6.60. The molecule has 1 aromatic heterocycles. The Labute approximate surface area is 138 Å². The predicted molar refractivity (Wildman–Crippen MR) is 94.4 cm³/mol. The molecule has 0 bridgehead atoms. The highest BCUT2D eigenvalue weighted by Crippen LogP contribution is 2.54. The van der Waals surface area contributed by atoms with Crippen LogP contribution in [-0.4, -0.2) is 24.5 Å². The molecule has 1 N–H and O–H groups in total. The van der Waals surface area contributed by atoms with Gasteiger partial charge in [-0.3, -0.25) is 3.97 Å². The molecule has 5 rings (SSSR count). The Bertz CT molecular complexity index is 780. The Morgan fingerprint density at radius 1 is 1.17 bits per heavy atom. The molecule has 5 heteroatoms. The van der Waals surface area contributed by atoms with Gasteiger partial charge >= 0.3 is 0 Å². The SMILES string of the molecule is OC(C1CCc2ccccc2C1)[SH]1C(C2CC2)=Nc2cncn21. The minimum Gasteiger partial charge on any atom is -0.382 e. The molecule has 1 aliphatic heterocycles. The van der Waals surface area contributed by atoms with Crippen molar-refractivity contribution in [3.63, 3.8) is 0 Å². The summed E-state index contributed by atoms with van der Waals surface area (Å²) in [5.41, 5.74) is 2.55. The third kappa shape index (κ3) is 2.25. The van der Waals surface area contributed by atoms with E-state index < -0.39 is 11.1 Å². The topological polar surface area (TPSA) is 50.4 Å². The van der Waals surface area contributed by atoms with E-state index in [4.69, 9.17) is 4.99 Å². The fourth-order valence-electron chi connectivity index (χ4n) is 3.87. The summed E-state index contributed by atoms with van der Waals surface area (Å²) in [7, 11) is 0. The third-order valence-electron chi connectivity index (χ3n) is 5.30. The molecule has 1 saturated carbocycles. The zero-order valence-electron chi connectivity index (χ0n) is 13.0. The van der Waals surface area contributed by atoms with E-state index >= 15 is 0 Å². The minimum atomic E-state index is -0.778. The molecule has 0 radical (unpaired) electrons. The molecule has 2 heterocycles. The number of aliphatic hydroxyl groups is 1. The van der Waals surface area contributed by atoms with Crippen LogP contribution in [-0.2, 0) is 12.8 Å². The van der Waals surface area contributed by atoms with Gasteiger partial charge in [-0.15, -0.1) is 11.1 Å². The van der Waals surface area contributed by atoms with E-state index in [1.54, 1.807) is 0 Å². The van der Waals surface area contributed by atoms with Gasteiger partial charge in [0.15, 0.2) is 5.82 Å².